The number of carbonyl (C=O) groups is 1. The van der Waals surface area contributed by atoms with E-state index < -0.39 is 16.6 Å². The molecule has 2 rings (SSSR count). The van der Waals surface area contributed by atoms with Crippen molar-refractivity contribution in [2.45, 2.75) is 32.9 Å². The molecule has 1 amide bonds. The Hall–Kier alpha value is -3.03. The molecule has 0 aliphatic rings. The lowest BCUT2D eigenvalue weighted by atomic mass is 10.0. The molecule has 8 nitrogen and oxygen atoms in total. The molecule has 0 fully saturated rings. The number of nitrogens with zero attached hydrogens (tertiary/aromatic N) is 4. The van der Waals surface area contributed by atoms with Crippen LogP contribution in [0.2, 0.25) is 0 Å². The fourth-order valence-electron chi connectivity index (χ4n) is 2.18. The van der Waals surface area contributed by atoms with Crippen LogP contribution < -0.4 is 0 Å². The minimum absolute atomic E-state index is 0.0506. The molecule has 1 aromatic carbocycles. The summed E-state index contributed by atoms with van der Waals surface area (Å²) in [7, 11) is 1.58. The highest BCUT2D eigenvalue weighted by molar-refractivity contribution is 5.70. The molecule has 0 saturated carbocycles. The minimum atomic E-state index is -0.622. The summed E-state index contributed by atoms with van der Waals surface area (Å²) < 4.78 is 5.32. The van der Waals surface area contributed by atoms with Gasteiger partial charge in [-0.2, -0.15) is 0 Å². The molecule has 0 saturated heterocycles. The first-order chi connectivity index (χ1) is 11.7. The van der Waals surface area contributed by atoms with Crippen molar-refractivity contribution in [2.24, 2.45) is 0 Å². The van der Waals surface area contributed by atoms with Crippen LogP contribution in [0.3, 0.4) is 0 Å². The summed E-state index contributed by atoms with van der Waals surface area (Å²) in [6, 6.07) is 6.18. The van der Waals surface area contributed by atoms with Gasteiger partial charge in [-0.1, -0.05) is 0 Å². The molecular weight excluding hydrogens is 324 g/mol. The first kappa shape index (κ1) is 18.3. The number of non-ortho nitro benzene ring substituents is 1. The number of ether oxygens (including phenoxy) is 1. The van der Waals surface area contributed by atoms with Crippen LogP contribution in [-0.2, 0) is 11.3 Å². The van der Waals surface area contributed by atoms with Gasteiger partial charge in [-0.15, -0.1) is 0 Å². The third-order valence-electron chi connectivity index (χ3n) is 3.27. The highest BCUT2D eigenvalue weighted by atomic mass is 16.6. The molecule has 1 heterocycles. The Morgan fingerprint density at radius 2 is 2.04 bits per heavy atom. The number of rotatable bonds is 4. The van der Waals surface area contributed by atoms with Gasteiger partial charge < -0.3 is 9.64 Å². The van der Waals surface area contributed by atoms with E-state index in [1.807, 2.05) is 0 Å². The largest absolute Gasteiger partial charge is 0.444 e. The van der Waals surface area contributed by atoms with Crippen LogP contribution in [0.15, 0.2) is 36.8 Å². The maximum absolute atomic E-state index is 12.2. The van der Waals surface area contributed by atoms with Crippen molar-refractivity contribution in [3.05, 3.63) is 52.5 Å². The van der Waals surface area contributed by atoms with Gasteiger partial charge in [0.1, 0.15) is 11.9 Å². The molecule has 0 spiro atoms. The van der Waals surface area contributed by atoms with Crippen LogP contribution in [0, 0.1) is 10.1 Å². The number of nitro benzene ring substituents is 1. The molecular formula is C17H20N4O4. The standard InChI is InChI=1S/C17H20N4O4/c1-17(2,3)25-16(22)20(4)10-12-9-13(21(23)24)5-6-14(12)15-7-8-18-11-19-15/h5-9,11H,10H2,1-4H3. The van der Waals surface area contributed by atoms with Crippen LogP contribution in [0.1, 0.15) is 26.3 Å². The van der Waals surface area contributed by atoms with E-state index in [1.165, 1.54) is 23.4 Å². The van der Waals surface area contributed by atoms with Gasteiger partial charge in [-0.3, -0.25) is 10.1 Å². The van der Waals surface area contributed by atoms with Gasteiger partial charge in [0.25, 0.3) is 5.69 Å². The summed E-state index contributed by atoms with van der Waals surface area (Å²) in [4.78, 5) is 32.2. The Bertz CT molecular complexity index is 772. The van der Waals surface area contributed by atoms with Crippen LogP contribution in [0.25, 0.3) is 11.3 Å². The number of aromatic nitrogens is 2. The lowest BCUT2D eigenvalue weighted by Crippen LogP contribution is -2.33. The second-order valence-corrected chi connectivity index (χ2v) is 6.53. The normalized spacial score (nSPS) is 11.0. The Balaban J connectivity index is 2.35. The Labute approximate surface area is 145 Å². The number of hydrogen-bond acceptors (Lipinski definition) is 6. The summed E-state index contributed by atoms with van der Waals surface area (Å²) in [6.07, 6.45) is 2.48. The first-order valence-corrected chi connectivity index (χ1v) is 7.65. The van der Waals surface area contributed by atoms with Gasteiger partial charge in [0, 0.05) is 37.5 Å². The van der Waals surface area contributed by atoms with E-state index in [2.05, 4.69) is 9.97 Å². The third-order valence-corrected chi connectivity index (χ3v) is 3.27. The third kappa shape index (κ3) is 4.97. The molecule has 0 N–H and O–H groups in total. The quantitative estimate of drug-likeness (QED) is 0.622. The van der Waals surface area contributed by atoms with Crippen LogP contribution in [0.4, 0.5) is 10.5 Å². The van der Waals surface area contributed by atoms with Crippen molar-refractivity contribution in [3.63, 3.8) is 0 Å². The van der Waals surface area contributed by atoms with E-state index in [-0.39, 0.29) is 12.2 Å². The summed E-state index contributed by atoms with van der Waals surface area (Å²) in [6.45, 7) is 5.48. The first-order valence-electron chi connectivity index (χ1n) is 7.65. The monoisotopic (exact) mass is 344 g/mol. The maximum Gasteiger partial charge on any atom is 0.410 e. The average Bonchev–Trinajstić information content (AvgIpc) is 2.54. The van der Waals surface area contributed by atoms with Gasteiger partial charge in [-0.05, 0) is 38.5 Å². The Morgan fingerprint density at radius 1 is 1.32 bits per heavy atom. The molecule has 0 radical (unpaired) electrons. The fourth-order valence-corrected chi connectivity index (χ4v) is 2.18. The van der Waals surface area contributed by atoms with Crippen molar-refractivity contribution in [2.75, 3.05) is 7.05 Å². The maximum atomic E-state index is 12.2. The van der Waals surface area contributed by atoms with Gasteiger partial charge in [0.15, 0.2) is 0 Å². The number of nitro groups is 1. The van der Waals surface area contributed by atoms with E-state index in [4.69, 9.17) is 4.74 Å². The highest BCUT2D eigenvalue weighted by Crippen LogP contribution is 2.27. The van der Waals surface area contributed by atoms with Gasteiger partial charge in [0.2, 0.25) is 0 Å². The van der Waals surface area contributed by atoms with Crippen molar-refractivity contribution < 1.29 is 14.5 Å². The molecule has 132 valence electrons. The van der Waals surface area contributed by atoms with Crippen molar-refractivity contribution in [1.82, 2.24) is 14.9 Å². The zero-order valence-electron chi connectivity index (χ0n) is 14.6. The van der Waals surface area contributed by atoms with Gasteiger partial charge in [0.05, 0.1) is 10.6 Å². The molecule has 8 heteroatoms. The van der Waals surface area contributed by atoms with Gasteiger partial charge in [-0.25, -0.2) is 14.8 Å². The van der Waals surface area contributed by atoms with E-state index in [1.54, 1.807) is 46.1 Å². The molecule has 25 heavy (non-hydrogen) atoms. The van der Waals surface area contributed by atoms with Crippen LogP contribution in [-0.4, -0.2) is 38.5 Å². The minimum Gasteiger partial charge on any atom is -0.444 e. The van der Waals surface area contributed by atoms with Crippen molar-refractivity contribution in [1.29, 1.82) is 0 Å². The summed E-state index contributed by atoms with van der Waals surface area (Å²) >= 11 is 0. The zero-order valence-corrected chi connectivity index (χ0v) is 14.6. The number of hydrogen-bond donors (Lipinski definition) is 0. The summed E-state index contributed by atoms with van der Waals surface area (Å²) in [5, 5.41) is 11.1. The van der Waals surface area contributed by atoms with Crippen molar-refractivity contribution >= 4 is 11.8 Å². The Morgan fingerprint density at radius 3 is 2.60 bits per heavy atom. The molecule has 1 aromatic heterocycles. The predicted molar refractivity (Wildman–Crippen MR) is 91.8 cm³/mol. The Kier molecular flexibility index (Phi) is 5.31. The van der Waals surface area contributed by atoms with Gasteiger partial charge >= 0.3 is 6.09 Å². The lowest BCUT2D eigenvalue weighted by molar-refractivity contribution is -0.384. The van der Waals surface area contributed by atoms with E-state index in [9.17, 15) is 14.9 Å². The second-order valence-electron chi connectivity index (χ2n) is 6.53. The summed E-state index contributed by atoms with van der Waals surface area (Å²) in [5.74, 6) is 0. The smallest absolute Gasteiger partial charge is 0.410 e. The van der Waals surface area contributed by atoms with Crippen molar-refractivity contribution in [3.8, 4) is 11.3 Å². The SMILES string of the molecule is CN(Cc1cc([N+](=O)[O-])ccc1-c1ccncn1)C(=O)OC(C)(C)C. The van der Waals surface area contributed by atoms with Crippen LogP contribution >= 0.6 is 0 Å². The lowest BCUT2D eigenvalue weighted by Gasteiger charge is -2.25. The predicted octanol–water partition coefficient (Wildman–Crippen LogP) is 3.42. The topological polar surface area (TPSA) is 98.5 Å². The highest BCUT2D eigenvalue weighted by Gasteiger charge is 2.21. The van der Waals surface area contributed by atoms with Crippen LogP contribution in [0.5, 0.6) is 0 Å². The summed E-state index contributed by atoms with van der Waals surface area (Å²) in [5.41, 5.74) is 1.25. The number of amides is 1. The molecule has 0 bridgehead atoms. The molecule has 0 aliphatic heterocycles. The van der Waals surface area contributed by atoms with E-state index >= 15 is 0 Å². The van der Waals surface area contributed by atoms with E-state index in [0.717, 1.165) is 0 Å². The number of carbonyl (C=O) groups excluding carboxylic acids is 1. The van der Waals surface area contributed by atoms with E-state index in [0.29, 0.717) is 16.8 Å². The average molecular weight is 344 g/mol. The zero-order chi connectivity index (χ0) is 18.6. The number of benzene rings is 1. The molecule has 2 aromatic rings. The molecule has 0 aliphatic carbocycles. The fraction of sp³-hybridized carbons (Fsp3) is 0.353. The molecule has 0 unspecified atom stereocenters. The molecule has 0 atom stereocenters. The second kappa shape index (κ2) is 7.25.